The number of alkyl halides is 2. The third-order valence-electron chi connectivity index (χ3n) is 1.30. The molecule has 1 aliphatic rings. The fourth-order valence-electron chi connectivity index (χ4n) is 0.774. The molecule has 66 valence electrons. The molecule has 0 radical (unpaired) electrons. The van der Waals surface area contributed by atoms with Gasteiger partial charge in [0.15, 0.2) is 0 Å². The van der Waals surface area contributed by atoms with Crippen LogP contribution in [0.4, 0.5) is 0 Å². The first-order valence-corrected chi connectivity index (χ1v) is 4.87. The maximum atomic E-state index is 5.36. The molecule has 0 amide bonds. The standard InChI is InChI=1S/C6H11Br2NO2/c1-9(2)5-10-3-6(7,8)4-11-5/h5H,3-4H2,1-2H3. The van der Waals surface area contributed by atoms with Crippen molar-refractivity contribution in [3.05, 3.63) is 0 Å². The van der Waals surface area contributed by atoms with E-state index in [1.165, 1.54) is 0 Å². The molecule has 0 unspecified atom stereocenters. The van der Waals surface area contributed by atoms with Gasteiger partial charge in [0.2, 0.25) is 6.41 Å². The molecular formula is C6H11Br2NO2. The van der Waals surface area contributed by atoms with Crippen LogP contribution >= 0.6 is 31.9 Å². The van der Waals surface area contributed by atoms with E-state index < -0.39 is 0 Å². The van der Waals surface area contributed by atoms with Gasteiger partial charge in [-0.25, -0.2) is 0 Å². The maximum Gasteiger partial charge on any atom is 0.218 e. The average Bonchev–Trinajstić information content (AvgIpc) is 1.86. The summed E-state index contributed by atoms with van der Waals surface area (Å²) in [6.45, 7) is 1.21. The van der Waals surface area contributed by atoms with E-state index in [0.29, 0.717) is 13.2 Å². The van der Waals surface area contributed by atoms with Gasteiger partial charge < -0.3 is 9.47 Å². The summed E-state index contributed by atoms with van der Waals surface area (Å²) in [6, 6.07) is 0. The van der Waals surface area contributed by atoms with Crippen LogP contribution in [0.15, 0.2) is 0 Å². The zero-order valence-corrected chi connectivity index (χ0v) is 9.68. The van der Waals surface area contributed by atoms with Crippen molar-refractivity contribution in [2.45, 2.75) is 9.65 Å². The van der Waals surface area contributed by atoms with Gasteiger partial charge in [-0.3, -0.25) is 4.90 Å². The second-order valence-corrected chi connectivity index (χ2v) is 6.85. The zero-order chi connectivity index (χ0) is 8.48. The minimum absolute atomic E-state index is 0.202. The molecule has 0 bridgehead atoms. The number of hydrogen-bond acceptors (Lipinski definition) is 3. The van der Waals surface area contributed by atoms with Gasteiger partial charge in [-0.15, -0.1) is 0 Å². The fraction of sp³-hybridized carbons (Fsp3) is 1.00. The molecule has 1 fully saturated rings. The summed E-state index contributed by atoms with van der Waals surface area (Å²) in [5, 5.41) is 0. The lowest BCUT2D eigenvalue weighted by Gasteiger charge is -2.34. The third kappa shape index (κ3) is 2.99. The van der Waals surface area contributed by atoms with Crippen molar-refractivity contribution in [1.82, 2.24) is 4.90 Å². The largest absolute Gasteiger partial charge is 0.337 e. The molecule has 0 spiro atoms. The molecular weight excluding hydrogens is 278 g/mol. The van der Waals surface area contributed by atoms with Crippen LogP contribution in [0.3, 0.4) is 0 Å². The Hall–Kier alpha value is 0.840. The quantitative estimate of drug-likeness (QED) is 0.680. The lowest BCUT2D eigenvalue weighted by molar-refractivity contribution is -0.239. The van der Waals surface area contributed by atoms with Crippen molar-refractivity contribution in [3.8, 4) is 0 Å². The predicted molar refractivity (Wildman–Crippen MR) is 50.0 cm³/mol. The summed E-state index contributed by atoms with van der Waals surface area (Å²) in [6.07, 6.45) is -0.210. The molecule has 0 N–H and O–H groups in total. The van der Waals surface area contributed by atoms with Gasteiger partial charge in [0, 0.05) is 0 Å². The van der Waals surface area contributed by atoms with Gasteiger partial charge in [-0.2, -0.15) is 0 Å². The second kappa shape index (κ2) is 3.70. The average molecular weight is 289 g/mol. The molecule has 11 heavy (non-hydrogen) atoms. The van der Waals surface area contributed by atoms with E-state index in [1.807, 2.05) is 19.0 Å². The van der Waals surface area contributed by atoms with Gasteiger partial charge in [0.25, 0.3) is 0 Å². The first kappa shape index (κ1) is 9.92. The number of nitrogens with zero attached hydrogens (tertiary/aromatic N) is 1. The van der Waals surface area contributed by atoms with Crippen molar-refractivity contribution in [2.75, 3.05) is 27.3 Å². The van der Waals surface area contributed by atoms with Crippen LogP contribution in [0, 0.1) is 0 Å². The molecule has 1 rings (SSSR count). The minimum atomic E-state index is -0.210. The molecule has 0 aromatic carbocycles. The number of ether oxygens (including phenoxy) is 2. The van der Waals surface area contributed by atoms with Crippen LogP contribution in [0.2, 0.25) is 0 Å². The summed E-state index contributed by atoms with van der Waals surface area (Å²) in [4.78, 5) is 1.88. The number of rotatable bonds is 1. The minimum Gasteiger partial charge on any atom is -0.337 e. The molecule has 1 saturated heterocycles. The smallest absolute Gasteiger partial charge is 0.218 e. The van der Waals surface area contributed by atoms with E-state index in [0.717, 1.165) is 0 Å². The highest BCUT2D eigenvalue weighted by Crippen LogP contribution is 2.31. The van der Waals surface area contributed by atoms with Crippen molar-refractivity contribution < 1.29 is 9.47 Å². The van der Waals surface area contributed by atoms with Gasteiger partial charge >= 0.3 is 0 Å². The normalized spacial score (nSPS) is 25.9. The van der Waals surface area contributed by atoms with E-state index in [-0.39, 0.29) is 9.65 Å². The zero-order valence-electron chi connectivity index (χ0n) is 6.51. The van der Waals surface area contributed by atoms with E-state index in [1.54, 1.807) is 0 Å². The summed E-state index contributed by atoms with van der Waals surface area (Å²) < 4.78 is 10.5. The topological polar surface area (TPSA) is 21.7 Å². The Balaban J connectivity index is 2.36. The van der Waals surface area contributed by atoms with Crippen molar-refractivity contribution in [2.24, 2.45) is 0 Å². The monoisotopic (exact) mass is 287 g/mol. The molecule has 1 heterocycles. The van der Waals surface area contributed by atoms with Crippen LogP contribution in [-0.4, -0.2) is 41.9 Å². The summed E-state index contributed by atoms with van der Waals surface area (Å²) in [5.41, 5.74) is 0. The van der Waals surface area contributed by atoms with E-state index in [4.69, 9.17) is 9.47 Å². The first-order valence-electron chi connectivity index (χ1n) is 3.29. The molecule has 0 aromatic rings. The van der Waals surface area contributed by atoms with Gasteiger partial charge in [0.1, 0.15) is 3.23 Å². The van der Waals surface area contributed by atoms with Crippen LogP contribution < -0.4 is 0 Å². The summed E-state index contributed by atoms with van der Waals surface area (Å²) in [5.74, 6) is 0. The molecule has 5 heteroatoms. The Morgan fingerprint density at radius 1 is 1.27 bits per heavy atom. The SMILES string of the molecule is CN(C)C1OCC(Br)(Br)CO1. The van der Waals surface area contributed by atoms with Crippen LogP contribution in [-0.2, 0) is 9.47 Å². The Bertz CT molecular complexity index is 131. The lowest BCUT2D eigenvalue weighted by Crippen LogP contribution is -2.45. The number of halogens is 2. The van der Waals surface area contributed by atoms with E-state index in [9.17, 15) is 0 Å². The highest BCUT2D eigenvalue weighted by atomic mass is 79.9. The Kier molecular flexibility index (Phi) is 3.34. The van der Waals surface area contributed by atoms with Gasteiger partial charge in [-0.1, -0.05) is 31.9 Å². The molecule has 3 nitrogen and oxygen atoms in total. The van der Waals surface area contributed by atoms with Crippen LogP contribution in [0.1, 0.15) is 0 Å². The molecule has 0 saturated carbocycles. The van der Waals surface area contributed by atoms with Gasteiger partial charge in [-0.05, 0) is 14.1 Å². The first-order chi connectivity index (χ1) is 5.01. The molecule has 0 aliphatic carbocycles. The summed E-state index contributed by atoms with van der Waals surface area (Å²) >= 11 is 6.83. The predicted octanol–water partition coefficient (Wildman–Crippen LogP) is 1.36. The Morgan fingerprint density at radius 2 is 1.73 bits per heavy atom. The van der Waals surface area contributed by atoms with Crippen LogP contribution in [0.5, 0.6) is 0 Å². The molecule has 1 aliphatic heterocycles. The lowest BCUT2D eigenvalue weighted by atomic mass is 10.4. The summed E-state index contributed by atoms with van der Waals surface area (Å²) in [7, 11) is 3.83. The fourth-order valence-corrected chi connectivity index (χ4v) is 1.30. The van der Waals surface area contributed by atoms with Crippen molar-refractivity contribution in [3.63, 3.8) is 0 Å². The van der Waals surface area contributed by atoms with Crippen LogP contribution in [0.25, 0.3) is 0 Å². The van der Waals surface area contributed by atoms with E-state index in [2.05, 4.69) is 31.9 Å². The Labute approximate surface area is 83.3 Å². The molecule has 0 aromatic heterocycles. The van der Waals surface area contributed by atoms with Crippen molar-refractivity contribution >= 4 is 31.9 Å². The highest BCUT2D eigenvalue weighted by Gasteiger charge is 2.32. The second-order valence-electron chi connectivity index (χ2n) is 2.75. The Morgan fingerprint density at radius 3 is 2.09 bits per heavy atom. The van der Waals surface area contributed by atoms with E-state index >= 15 is 0 Å². The molecule has 0 atom stereocenters. The third-order valence-corrected chi connectivity index (χ3v) is 2.21. The van der Waals surface area contributed by atoms with Crippen molar-refractivity contribution in [1.29, 1.82) is 0 Å². The number of hydrogen-bond donors (Lipinski definition) is 0. The maximum absolute atomic E-state index is 5.36. The van der Waals surface area contributed by atoms with Gasteiger partial charge in [0.05, 0.1) is 13.2 Å². The highest BCUT2D eigenvalue weighted by molar-refractivity contribution is 9.25.